The van der Waals surface area contributed by atoms with Crippen LogP contribution in [0.3, 0.4) is 0 Å². The summed E-state index contributed by atoms with van der Waals surface area (Å²) in [6.45, 7) is 1.98. The minimum Gasteiger partial charge on any atom is -0.320 e. The van der Waals surface area contributed by atoms with Crippen molar-refractivity contribution in [3.63, 3.8) is 0 Å². The highest BCUT2D eigenvalue weighted by Crippen LogP contribution is 2.30. The van der Waals surface area contributed by atoms with Gasteiger partial charge in [0.1, 0.15) is 0 Å². The molecule has 1 aromatic carbocycles. The quantitative estimate of drug-likeness (QED) is 0.818. The first-order valence-corrected chi connectivity index (χ1v) is 8.17. The highest BCUT2D eigenvalue weighted by Gasteiger charge is 2.39. The molecule has 0 aromatic heterocycles. The minimum atomic E-state index is -0.136. The van der Waals surface area contributed by atoms with Crippen molar-refractivity contribution in [2.24, 2.45) is 0 Å². The molecule has 1 aliphatic carbocycles. The second kappa shape index (κ2) is 6.55. The van der Waals surface area contributed by atoms with Gasteiger partial charge in [-0.3, -0.25) is 4.79 Å². The van der Waals surface area contributed by atoms with Crippen molar-refractivity contribution in [2.45, 2.75) is 44.7 Å². The van der Waals surface area contributed by atoms with Crippen LogP contribution >= 0.6 is 23.2 Å². The van der Waals surface area contributed by atoms with Crippen molar-refractivity contribution in [3.05, 3.63) is 28.2 Å². The number of hydrogen-bond donors (Lipinski definition) is 1. The number of benzene rings is 1. The molecule has 2 rings (SSSR count). The minimum absolute atomic E-state index is 0.0175. The summed E-state index contributed by atoms with van der Waals surface area (Å²) in [6, 6.07) is 5.51. The lowest BCUT2D eigenvalue weighted by Crippen LogP contribution is -2.58. The predicted molar refractivity (Wildman–Crippen MR) is 88.9 cm³/mol. The van der Waals surface area contributed by atoms with E-state index >= 15 is 0 Å². The number of nitrogens with one attached hydrogen (secondary N) is 1. The Morgan fingerprint density at radius 3 is 2.52 bits per heavy atom. The van der Waals surface area contributed by atoms with E-state index in [0.717, 1.165) is 0 Å². The molecule has 3 nitrogen and oxygen atoms in total. The van der Waals surface area contributed by atoms with Gasteiger partial charge in [0, 0.05) is 5.02 Å². The standard InChI is InChI=1S/C16H22Cl2N2O/c1-11(20(2,3)13-6-4-5-7-13)16(21)19-15-10-12(17)8-9-14(15)18/h8-11,13H,4-7H2,1-3H3/p+1/t11-/m0/s1. The van der Waals surface area contributed by atoms with Crippen molar-refractivity contribution in [2.75, 3.05) is 19.4 Å². The fourth-order valence-corrected chi connectivity index (χ4v) is 3.36. The predicted octanol–water partition coefficient (Wildman–Crippen LogP) is 4.34. The van der Waals surface area contributed by atoms with E-state index in [0.29, 0.717) is 26.3 Å². The Morgan fingerprint density at radius 1 is 1.29 bits per heavy atom. The molecular formula is C16H23Cl2N2O+. The van der Waals surface area contributed by atoms with Crippen LogP contribution in [0, 0.1) is 0 Å². The normalized spacial score (nSPS) is 17.8. The summed E-state index contributed by atoms with van der Waals surface area (Å²) in [5.41, 5.74) is 0.576. The Hall–Kier alpha value is -0.770. The molecule has 5 heteroatoms. The van der Waals surface area contributed by atoms with Crippen molar-refractivity contribution in [1.82, 2.24) is 0 Å². The summed E-state index contributed by atoms with van der Waals surface area (Å²) in [7, 11) is 4.28. The van der Waals surface area contributed by atoms with Crippen LogP contribution in [0.4, 0.5) is 5.69 Å². The zero-order valence-corrected chi connectivity index (χ0v) is 14.3. The third-order valence-electron chi connectivity index (χ3n) is 4.83. The molecule has 1 fully saturated rings. The highest BCUT2D eigenvalue weighted by molar-refractivity contribution is 6.35. The average Bonchev–Trinajstić information content (AvgIpc) is 2.96. The molecular weight excluding hydrogens is 307 g/mol. The number of amides is 1. The van der Waals surface area contributed by atoms with Gasteiger partial charge in [-0.2, -0.15) is 0 Å². The maximum Gasteiger partial charge on any atom is 0.282 e. The Balaban J connectivity index is 2.10. The van der Waals surface area contributed by atoms with Gasteiger partial charge in [0.25, 0.3) is 5.91 Å². The van der Waals surface area contributed by atoms with Crippen LogP contribution in [0.2, 0.25) is 10.0 Å². The zero-order valence-electron chi connectivity index (χ0n) is 12.8. The molecule has 0 saturated heterocycles. The molecule has 0 aliphatic heterocycles. The second-order valence-electron chi connectivity index (χ2n) is 6.36. The van der Waals surface area contributed by atoms with E-state index < -0.39 is 0 Å². The third kappa shape index (κ3) is 3.71. The van der Waals surface area contributed by atoms with Crippen molar-refractivity contribution in [3.8, 4) is 0 Å². The van der Waals surface area contributed by atoms with Crippen LogP contribution in [0.15, 0.2) is 18.2 Å². The second-order valence-corrected chi connectivity index (χ2v) is 7.20. The van der Waals surface area contributed by atoms with Crippen LogP contribution in [0.5, 0.6) is 0 Å². The van der Waals surface area contributed by atoms with E-state index in [1.54, 1.807) is 18.2 Å². The number of hydrogen-bond acceptors (Lipinski definition) is 1. The van der Waals surface area contributed by atoms with Gasteiger partial charge in [0.15, 0.2) is 6.04 Å². The summed E-state index contributed by atoms with van der Waals surface area (Å²) in [5, 5.41) is 3.98. The van der Waals surface area contributed by atoms with Gasteiger partial charge >= 0.3 is 0 Å². The van der Waals surface area contributed by atoms with E-state index in [9.17, 15) is 4.79 Å². The Bertz CT molecular complexity index is 525. The highest BCUT2D eigenvalue weighted by atomic mass is 35.5. The van der Waals surface area contributed by atoms with Crippen LogP contribution in [0.1, 0.15) is 32.6 Å². The molecule has 21 heavy (non-hydrogen) atoms. The number of nitrogens with zero attached hydrogens (tertiary/aromatic N) is 1. The Labute approximate surface area is 136 Å². The van der Waals surface area contributed by atoms with Crippen molar-refractivity contribution < 1.29 is 9.28 Å². The molecule has 1 aliphatic rings. The van der Waals surface area contributed by atoms with Crippen molar-refractivity contribution in [1.29, 1.82) is 0 Å². The van der Waals surface area contributed by atoms with Crippen molar-refractivity contribution >= 4 is 34.8 Å². The summed E-state index contributed by atoms with van der Waals surface area (Å²) in [5.74, 6) is -0.0175. The molecule has 1 saturated carbocycles. The zero-order chi connectivity index (χ0) is 15.6. The first-order chi connectivity index (χ1) is 9.82. The molecule has 1 atom stereocenters. The van der Waals surface area contributed by atoms with Crippen LogP contribution in [0.25, 0.3) is 0 Å². The lowest BCUT2D eigenvalue weighted by Gasteiger charge is -2.40. The molecule has 1 amide bonds. The maximum atomic E-state index is 12.6. The van der Waals surface area contributed by atoms with E-state index in [4.69, 9.17) is 23.2 Å². The Kier molecular flexibility index (Phi) is 5.18. The number of anilines is 1. The number of quaternary nitrogens is 1. The molecule has 1 N–H and O–H groups in total. The topological polar surface area (TPSA) is 29.1 Å². The SMILES string of the molecule is C[C@@H](C(=O)Nc1cc(Cl)ccc1Cl)[N+](C)(C)C1CCCC1. The molecule has 0 spiro atoms. The summed E-state index contributed by atoms with van der Waals surface area (Å²) in [6.07, 6.45) is 4.92. The summed E-state index contributed by atoms with van der Waals surface area (Å²) in [4.78, 5) is 12.6. The van der Waals surface area contributed by atoms with Gasteiger partial charge in [-0.05, 0) is 50.8 Å². The summed E-state index contributed by atoms with van der Waals surface area (Å²) >= 11 is 12.1. The fraction of sp³-hybridized carbons (Fsp3) is 0.562. The van der Waals surface area contributed by atoms with E-state index in [2.05, 4.69) is 19.4 Å². The number of halogens is 2. The lowest BCUT2D eigenvalue weighted by atomic mass is 10.1. The average molecular weight is 330 g/mol. The molecule has 0 radical (unpaired) electrons. The van der Waals surface area contributed by atoms with Gasteiger partial charge in [-0.25, -0.2) is 0 Å². The molecule has 0 heterocycles. The number of likely N-dealkylation sites (N-methyl/N-ethyl adjacent to an activating group) is 1. The Morgan fingerprint density at radius 2 is 1.90 bits per heavy atom. The van der Waals surface area contributed by atoms with E-state index in [1.165, 1.54) is 25.7 Å². The maximum absolute atomic E-state index is 12.6. The smallest absolute Gasteiger partial charge is 0.282 e. The van der Waals surface area contributed by atoms with Gasteiger partial charge in [0.2, 0.25) is 0 Å². The first-order valence-electron chi connectivity index (χ1n) is 7.41. The van der Waals surface area contributed by atoms with Gasteiger partial charge in [-0.15, -0.1) is 0 Å². The van der Waals surface area contributed by atoms with Gasteiger partial charge in [-0.1, -0.05) is 23.2 Å². The van der Waals surface area contributed by atoms with Gasteiger partial charge < -0.3 is 9.80 Å². The molecule has 0 bridgehead atoms. The number of carbonyl (C=O) groups excluding carboxylic acids is 1. The number of rotatable bonds is 4. The largest absolute Gasteiger partial charge is 0.320 e. The number of carbonyl (C=O) groups is 1. The lowest BCUT2D eigenvalue weighted by molar-refractivity contribution is -0.927. The first kappa shape index (κ1) is 16.6. The molecule has 0 unspecified atom stereocenters. The van der Waals surface area contributed by atoms with Crippen LogP contribution in [-0.2, 0) is 4.79 Å². The van der Waals surface area contributed by atoms with E-state index in [-0.39, 0.29) is 11.9 Å². The van der Waals surface area contributed by atoms with Crippen LogP contribution < -0.4 is 5.32 Å². The fourth-order valence-electron chi connectivity index (χ4n) is 3.02. The van der Waals surface area contributed by atoms with E-state index in [1.807, 2.05) is 6.92 Å². The third-order valence-corrected chi connectivity index (χ3v) is 5.39. The summed E-state index contributed by atoms with van der Waals surface area (Å²) < 4.78 is 0.712. The molecule has 116 valence electrons. The van der Waals surface area contributed by atoms with Gasteiger partial charge in [0.05, 0.1) is 30.8 Å². The monoisotopic (exact) mass is 329 g/mol. The molecule has 1 aromatic rings. The van der Waals surface area contributed by atoms with Crippen LogP contribution in [-0.4, -0.2) is 36.6 Å².